The lowest BCUT2D eigenvalue weighted by Gasteiger charge is -2.03. The van der Waals surface area contributed by atoms with E-state index in [2.05, 4.69) is 31.3 Å². The molecule has 0 aromatic rings. The van der Waals surface area contributed by atoms with Crippen LogP contribution in [0.5, 0.6) is 0 Å². The molecule has 2 nitrogen and oxygen atoms in total. The first-order valence-electron chi connectivity index (χ1n) is 6.55. The normalized spacial score (nSPS) is 12.7. The maximum absolute atomic E-state index is 11.3. The zero-order valence-electron chi connectivity index (χ0n) is 11.7. The zero-order chi connectivity index (χ0) is 13.6. The van der Waals surface area contributed by atoms with Crippen LogP contribution in [-0.2, 0) is 4.79 Å². The van der Waals surface area contributed by atoms with Crippen molar-refractivity contribution < 1.29 is 4.79 Å². The molecule has 0 aliphatic carbocycles. The lowest BCUT2D eigenvalue weighted by Crippen LogP contribution is -2.25. The van der Waals surface area contributed by atoms with Gasteiger partial charge in [0.15, 0.2) is 0 Å². The minimum atomic E-state index is -0.0265. The number of hydrogen-bond acceptors (Lipinski definition) is 1. The molecule has 0 rings (SSSR count). The molecule has 1 amide bonds. The molecule has 0 radical (unpaired) electrons. The van der Waals surface area contributed by atoms with Crippen LogP contribution in [0.25, 0.3) is 0 Å². The van der Waals surface area contributed by atoms with Crippen LogP contribution in [0.1, 0.15) is 33.6 Å². The van der Waals surface area contributed by atoms with Crippen molar-refractivity contribution in [2.75, 3.05) is 6.54 Å². The summed E-state index contributed by atoms with van der Waals surface area (Å²) in [4.78, 5) is 11.3. The van der Waals surface area contributed by atoms with E-state index in [1.165, 1.54) is 0 Å². The van der Waals surface area contributed by atoms with E-state index in [0.717, 1.165) is 19.4 Å². The van der Waals surface area contributed by atoms with E-state index < -0.39 is 0 Å². The Morgan fingerprint density at radius 3 is 2.22 bits per heavy atom. The second-order valence-corrected chi connectivity index (χ2v) is 4.46. The Morgan fingerprint density at radius 2 is 1.67 bits per heavy atom. The van der Waals surface area contributed by atoms with Crippen molar-refractivity contribution >= 4 is 5.91 Å². The van der Waals surface area contributed by atoms with Crippen LogP contribution in [0.15, 0.2) is 48.6 Å². The van der Waals surface area contributed by atoms with Gasteiger partial charge in [-0.3, -0.25) is 4.79 Å². The number of rotatable bonds is 8. The molecule has 0 unspecified atom stereocenters. The summed E-state index contributed by atoms with van der Waals surface area (Å²) in [5, 5.41) is 2.83. The van der Waals surface area contributed by atoms with Gasteiger partial charge in [0.25, 0.3) is 0 Å². The molecule has 0 saturated carbocycles. The Labute approximate surface area is 111 Å². The van der Waals surface area contributed by atoms with Gasteiger partial charge in [-0.05, 0) is 25.7 Å². The van der Waals surface area contributed by atoms with E-state index in [1.54, 1.807) is 12.2 Å². The van der Waals surface area contributed by atoms with Crippen molar-refractivity contribution in [1.82, 2.24) is 5.32 Å². The van der Waals surface area contributed by atoms with Crippen molar-refractivity contribution in [3.05, 3.63) is 48.6 Å². The quantitative estimate of drug-likeness (QED) is 0.395. The first-order valence-corrected chi connectivity index (χ1v) is 6.55. The van der Waals surface area contributed by atoms with Crippen molar-refractivity contribution in [3.63, 3.8) is 0 Å². The third-order valence-corrected chi connectivity index (χ3v) is 2.12. The summed E-state index contributed by atoms with van der Waals surface area (Å²) in [5.41, 5.74) is 0. The summed E-state index contributed by atoms with van der Waals surface area (Å²) >= 11 is 0. The maximum Gasteiger partial charge on any atom is 0.243 e. The van der Waals surface area contributed by atoms with Crippen molar-refractivity contribution in [1.29, 1.82) is 0 Å². The van der Waals surface area contributed by atoms with Gasteiger partial charge in [-0.15, -0.1) is 0 Å². The number of hydrogen-bond donors (Lipinski definition) is 1. The molecule has 2 heteroatoms. The summed E-state index contributed by atoms with van der Waals surface area (Å²) in [6, 6.07) is 0. The van der Waals surface area contributed by atoms with Gasteiger partial charge < -0.3 is 5.32 Å². The van der Waals surface area contributed by atoms with Gasteiger partial charge >= 0.3 is 0 Å². The minimum Gasteiger partial charge on any atom is -0.352 e. The number of carbonyl (C=O) groups is 1. The lowest BCUT2D eigenvalue weighted by atomic mass is 10.2. The summed E-state index contributed by atoms with van der Waals surface area (Å²) in [6.45, 7) is 6.87. The molecule has 1 N–H and O–H groups in total. The topological polar surface area (TPSA) is 29.1 Å². The molecule has 0 bridgehead atoms. The second kappa shape index (κ2) is 11.9. The SMILES string of the molecule is C/C=C/C=C\CC/C=C/C=C\C(=O)NCC(C)C. The van der Waals surface area contributed by atoms with Gasteiger partial charge in [-0.1, -0.05) is 56.4 Å². The predicted molar refractivity (Wildman–Crippen MR) is 79.3 cm³/mol. The number of allylic oxidation sites excluding steroid dienone is 7. The Balaban J connectivity index is 3.64. The van der Waals surface area contributed by atoms with Gasteiger partial charge in [0, 0.05) is 12.6 Å². The van der Waals surface area contributed by atoms with E-state index in [1.807, 2.05) is 31.2 Å². The molecule has 0 spiro atoms. The highest BCUT2D eigenvalue weighted by molar-refractivity contribution is 5.87. The molecule has 0 aliphatic rings. The number of carbonyl (C=O) groups excluding carboxylic acids is 1. The standard InChI is InChI=1S/C16H25NO/c1-4-5-6-7-8-9-10-11-12-13-16(18)17-14-15(2)3/h4-7,10-13,15H,8-9,14H2,1-3H3,(H,17,18)/b5-4+,7-6-,11-10+,13-12-. The van der Waals surface area contributed by atoms with Gasteiger partial charge in [0.05, 0.1) is 0 Å². The van der Waals surface area contributed by atoms with Crippen molar-refractivity contribution in [3.8, 4) is 0 Å². The molecule has 0 fully saturated rings. The monoisotopic (exact) mass is 247 g/mol. The van der Waals surface area contributed by atoms with Crippen LogP contribution in [0.2, 0.25) is 0 Å². The molecule has 100 valence electrons. The van der Waals surface area contributed by atoms with Gasteiger partial charge in [-0.2, -0.15) is 0 Å². The predicted octanol–water partition coefficient (Wildman–Crippen LogP) is 3.78. The highest BCUT2D eigenvalue weighted by atomic mass is 16.1. The average Bonchev–Trinajstić information content (AvgIpc) is 2.34. The lowest BCUT2D eigenvalue weighted by molar-refractivity contribution is -0.116. The molecular weight excluding hydrogens is 222 g/mol. The van der Waals surface area contributed by atoms with Crippen LogP contribution in [0.3, 0.4) is 0 Å². The van der Waals surface area contributed by atoms with Gasteiger partial charge in [0.2, 0.25) is 5.91 Å². The largest absolute Gasteiger partial charge is 0.352 e. The van der Waals surface area contributed by atoms with E-state index in [9.17, 15) is 4.79 Å². The van der Waals surface area contributed by atoms with E-state index in [-0.39, 0.29) is 5.91 Å². The maximum atomic E-state index is 11.3. The van der Waals surface area contributed by atoms with E-state index >= 15 is 0 Å². The van der Waals surface area contributed by atoms with Crippen molar-refractivity contribution in [2.24, 2.45) is 5.92 Å². The van der Waals surface area contributed by atoms with Crippen LogP contribution >= 0.6 is 0 Å². The smallest absolute Gasteiger partial charge is 0.243 e. The highest BCUT2D eigenvalue weighted by Gasteiger charge is 1.95. The fraction of sp³-hybridized carbons (Fsp3) is 0.438. The summed E-state index contributed by atoms with van der Waals surface area (Å²) in [7, 11) is 0. The molecule has 0 atom stereocenters. The molecule has 0 aliphatic heterocycles. The fourth-order valence-electron chi connectivity index (χ4n) is 1.16. The number of amides is 1. The Kier molecular flexibility index (Phi) is 10.9. The Bertz CT molecular complexity index is 322. The van der Waals surface area contributed by atoms with Crippen LogP contribution in [-0.4, -0.2) is 12.5 Å². The van der Waals surface area contributed by atoms with E-state index in [0.29, 0.717) is 5.92 Å². The molecule has 0 aromatic heterocycles. The van der Waals surface area contributed by atoms with Crippen molar-refractivity contribution in [2.45, 2.75) is 33.6 Å². The third-order valence-electron chi connectivity index (χ3n) is 2.12. The fourth-order valence-corrected chi connectivity index (χ4v) is 1.16. The van der Waals surface area contributed by atoms with Gasteiger partial charge in [0.1, 0.15) is 0 Å². The second-order valence-electron chi connectivity index (χ2n) is 4.46. The van der Waals surface area contributed by atoms with Crippen LogP contribution in [0, 0.1) is 5.92 Å². The van der Waals surface area contributed by atoms with Gasteiger partial charge in [-0.25, -0.2) is 0 Å². The summed E-state index contributed by atoms with van der Waals surface area (Å²) in [5.74, 6) is 0.461. The molecule has 0 saturated heterocycles. The number of nitrogens with one attached hydrogen (secondary N) is 1. The minimum absolute atomic E-state index is 0.0265. The first kappa shape index (κ1) is 16.4. The number of unbranched alkanes of at least 4 members (excludes halogenated alkanes) is 1. The molecular formula is C16H25NO. The molecule has 18 heavy (non-hydrogen) atoms. The third kappa shape index (κ3) is 12.5. The summed E-state index contributed by atoms with van der Waals surface area (Å²) < 4.78 is 0. The molecule has 0 heterocycles. The van der Waals surface area contributed by atoms with E-state index in [4.69, 9.17) is 0 Å². The highest BCUT2D eigenvalue weighted by Crippen LogP contribution is 1.94. The van der Waals surface area contributed by atoms with Crippen LogP contribution < -0.4 is 5.32 Å². The average molecular weight is 247 g/mol. The Hall–Kier alpha value is -1.57. The van der Waals surface area contributed by atoms with Crippen LogP contribution in [0.4, 0.5) is 0 Å². The molecule has 0 aromatic carbocycles. The first-order chi connectivity index (χ1) is 8.66. The summed E-state index contributed by atoms with van der Waals surface area (Å²) in [6.07, 6.45) is 17.5. The zero-order valence-corrected chi connectivity index (χ0v) is 11.7. The Morgan fingerprint density at radius 1 is 1.06 bits per heavy atom.